The van der Waals surface area contributed by atoms with Crippen LogP contribution in [0.15, 0.2) is 66.5 Å². The van der Waals surface area contributed by atoms with E-state index in [1.165, 1.54) is 0 Å². The normalized spacial score (nSPS) is 19.7. The summed E-state index contributed by atoms with van der Waals surface area (Å²) in [7, 11) is 0. The van der Waals surface area contributed by atoms with Crippen molar-refractivity contribution in [1.29, 1.82) is 0 Å². The molecular weight excluding hydrogens is 452 g/mol. The summed E-state index contributed by atoms with van der Waals surface area (Å²) in [5.74, 6) is -0.301. The SMILES string of the molecule is O=C1CC(c2cccc3[nH]cc(-c4ccccc4)c23)CC(=O)C1=CNCCN1CCN(CCO)CC1. The zero-order valence-electron chi connectivity index (χ0n) is 20.6. The van der Waals surface area contributed by atoms with Gasteiger partial charge in [0.1, 0.15) is 0 Å². The molecule has 0 bridgehead atoms. The van der Waals surface area contributed by atoms with E-state index in [2.05, 4.69) is 38.3 Å². The summed E-state index contributed by atoms with van der Waals surface area (Å²) in [6, 6.07) is 16.3. The number of Topliss-reactive ketones (excluding diaryl/α,β-unsaturated/α-hetero) is 2. The van der Waals surface area contributed by atoms with Crippen molar-refractivity contribution < 1.29 is 14.7 Å². The molecule has 1 aliphatic carbocycles. The standard InChI is InChI=1S/C29H34N4O3/c34-16-15-33-13-11-32(12-14-33)10-9-30-19-25-27(35)17-22(18-28(25)36)23-7-4-8-26-29(23)24(20-31-26)21-5-2-1-3-6-21/h1-8,19-20,22,30-31,34H,9-18H2. The fraction of sp³-hybridized carbons (Fsp3) is 0.379. The quantitative estimate of drug-likeness (QED) is 0.258. The van der Waals surface area contributed by atoms with E-state index in [-0.39, 0.29) is 24.1 Å². The van der Waals surface area contributed by atoms with E-state index in [1.54, 1.807) is 6.20 Å². The molecule has 188 valence electrons. The Morgan fingerprint density at radius 2 is 1.61 bits per heavy atom. The number of rotatable bonds is 8. The third kappa shape index (κ3) is 5.28. The van der Waals surface area contributed by atoms with E-state index in [1.807, 2.05) is 36.5 Å². The summed E-state index contributed by atoms with van der Waals surface area (Å²) in [6.45, 7) is 6.33. The lowest BCUT2D eigenvalue weighted by atomic mass is 9.78. The van der Waals surface area contributed by atoms with Crippen LogP contribution < -0.4 is 5.32 Å². The Balaban J connectivity index is 1.23. The van der Waals surface area contributed by atoms with Gasteiger partial charge in [0.15, 0.2) is 11.6 Å². The molecule has 2 aliphatic rings. The fourth-order valence-corrected chi connectivity index (χ4v) is 5.45. The predicted molar refractivity (Wildman–Crippen MR) is 142 cm³/mol. The number of nitrogens with zero attached hydrogens (tertiary/aromatic N) is 2. The van der Waals surface area contributed by atoms with Gasteiger partial charge in [0.25, 0.3) is 0 Å². The van der Waals surface area contributed by atoms with Crippen LogP contribution in [0.4, 0.5) is 0 Å². The number of H-pyrrole nitrogens is 1. The zero-order valence-corrected chi connectivity index (χ0v) is 20.6. The minimum Gasteiger partial charge on any atom is -0.395 e. The topological polar surface area (TPSA) is 88.7 Å². The number of aliphatic hydroxyl groups excluding tert-OH is 1. The first kappa shape index (κ1) is 24.4. The minimum absolute atomic E-state index is 0.0878. The molecule has 1 aliphatic heterocycles. The lowest BCUT2D eigenvalue weighted by molar-refractivity contribution is -0.124. The molecule has 7 nitrogen and oxygen atoms in total. The third-order valence-electron chi connectivity index (χ3n) is 7.43. The van der Waals surface area contributed by atoms with Gasteiger partial charge in [-0.05, 0) is 23.1 Å². The number of carbonyl (C=O) groups excluding carboxylic acids is 2. The van der Waals surface area contributed by atoms with Gasteiger partial charge in [-0.15, -0.1) is 0 Å². The molecule has 1 saturated carbocycles. The van der Waals surface area contributed by atoms with Gasteiger partial charge >= 0.3 is 0 Å². The molecule has 0 spiro atoms. The van der Waals surface area contributed by atoms with E-state index < -0.39 is 0 Å². The Hall–Kier alpha value is -3.26. The number of fused-ring (bicyclic) bond motifs is 1. The minimum atomic E-state index is -0.126. The number of aliphatic hydroxyl groups is 1. The van der Waals surface area contributed by atoms with Crippen LogP contribution in [0, 0.1) is 0 Å². The van der Waals surface area contributed by atoms with Crippen LogP contribution in [-0.2, 0) is 9.59 Å². The van der Waals surface area contributed by atoms with Crippen molar-refractivity contribution in [2.75, 3.05) is 52.4 Å². The maximum atomic E-state index is 13.0. The maximum Gasteiger partial charge on any atom is 0.168 e. The van der Waals surface area contributed by atoms with Gasteiger partial charge < -0.3 is 15.4 Å². The van der Waals surface area contributed by atoms with Gasteiger partial charge in [-0.25, -0.2) is 0 Å². The molecule has 2 aromatic carbocycles. The van der Waals surface area contributed by atoms with Crippen LogP contribution in [0.2, 0.25) is 0 Å². The maximum absolute atomic E-state index is 13.0. The number of hydrogen-bond acceptors (Lipinski definition) is 6. The monoisotopic (exact) mass is 486 g/mol. The molecule has 36 heavy (non-hydrogen) atoms. The largest absolute Gasteiger partial charge is 0.395 e. The highest BCUT2D eigenvalue weighted by Crippen LogP contribution is 2.39. The molecule has 1 saturated heterocycles. The summed E-state index contributed by atoms with van der Waals surface area (Å²) in [6.07, 6.45) is 4.32. The van der Waals surface area contributed by atoms with Gasteiger partial charge in [-0.2, -0.15) is 0 Å². The predicted octanol–water partition coefficient (Wildman–Crippen LogP) is 2.93. The average Bonchev–Trinajstić information content (AvgIpc) is 3.34. The molecule has 0 unspecified atom stereocenters. The number of ketones is 2. The number of allylic oxidation sites excluding steroid dienone is 1. The second-order valence-corrected chi connectivity index (χ2v) is 9.71. The van der Waals surface area contributed by atoms with Crippen molar-refractivity contribution in [3.8, 4) is 11.1 Å². The van der Waals surface area contributed by atoms with Crippen molar-refractivity contribution in [3.05, 3.63) is 72.1 Å². The Kier molecular flexibility index (Phi) is 7.60. The second-order valence-electron chi connectivity index (χ2n) is 9.71. The van der Waals surface area contributed by atoms with Crippen LogP contribution in [-0.4, -0.2) is 83.9 Å². The number of aromatic nitrogens is 1. The van der Waals surface area contributed by atoms with Crippen LogP contribution >= 0.6 is 0 Å². The number of benzene rings is 2. The van der Waals surface area contributed by atoms with Crippen molar-refractivity contribution in [3.63, 3.8) is 0 Å². The zero-order chi connectivity index (χ0) is 24.9. The van der Waals surface area contributed by atoms with E-state index in [0.29, 0.717) is 25.0 Å². The van der Waals surface area contributed by atoms with Crippen molar-refractivity contribution >= 4 is 22.5 Å². The molecule has 2 heterocycles. The first-order valence-electron chi connectivity index (χ1n) is 12.8. The molecule has 5 rings (SSSR count). The highest BCUT2D eigenvalue weighted by Gasteiger charge is 2.32. The fourth-order valence-electron chi connectivity index (χ4n) is 5.45. The molecule has 0 radical (unpaired) electrons. The Morgan fingerprint density at radius 3 is 2.31 bits per heavy atom. The molecule has 7 heteroatoms. The summed E-state index contributed by atoms with van der Waals surface area (Å²) >= 11 is 0. The Bertz CT molecular complexity index is 1220. The second kappa shape index (κ2) is 11.2. The summed E-state index contributed by atoms with van der Waals surface area (Å²) in [4.78, 5) is 34.1. The highest BCUT2D eigenvalue weighted by atomic mass is 16.3. The number of piperazine rings is 1. The first-order valence-corrected chi connectivity index (χ1v) is 12.8. The van der Waals surface area contributed by atoms with Crippen molar-refractivity contribution in [1.82, 2.24) is 20.1 Å². The molecule has 3 N–H and O–H groups in total. The Labute approximate surface area is 211 Å². The number of nitrogens with one attached hydrogen (secondary N) is 2. The van der Waals surface area contributed by atoms with E-state index >= 15 is 0 Å². The molecule has 0 atom stereocenters. The van der Waals surface area contributed by atoms with Gasteiger partial charge in [-0.3, -0.25) is 19.4 Å². The van der Waals surface area contributed by atoms with Crippen LogP contribution in [0.3, 0.4) is 0 Å². The lowest BCUT2D eigenvalue weighted by Crippen LogP contribution is -2.48. The third-order valence-corrected chi connectivity index (χ3v) is 7.43. The summed E-state index contributed by atoms with van der Waals surface area (Å²) in [5.41, 5.74) is 4.59. The van der Waals surface area contributed by atoms with Gasteiger partial charge in [0.2, 0.25) is 0 Å². The Morgan fingerprint density at radius 1 is 0.917 bits per heavy atom. The van der Waals surface area contributed by atoms with Gasteiger partial charge in [-0.1, -0.05) is 42.5 Å². The summed E-state index contributed by atoms with van der Waals surface area (Å²) < 4.78 is 0. The average molecular weight is 487 g/mol. The van der Waals surface area contributed by atoms with Crippen molar-refractivity contribution in [2.24, 2.45) is 0 Å². The lowest BCUT2D eigenvalue weighted by Gasteiger charge is -2.34. The first-order chi connectivity index (χ1) is 17.6. The smallest absolute Gasteiger partial charge is 0.168 e. The van der Waals surface area contributed by atoms with E-state index in [4.69, 9.17) is 5.11 Å². The van der Waals surface area contributed by atoms with Crippen molar-refractivity contribution in [2.45, 2.75) is 18.8 Å². The molecule has 2 fully saturated rings. The number of β-amino-alcohol motifs (C(OH)–C–C–N with tert-alkyl or cyclic N) is 1. The molecule has 3 aromatic rings. The molecular formula is C29H34N4O3. The van der Waals surface area contributed by atoms with Crippen LogP contribution in [0.25, 0.3) is 22.0 Å². The summed E-state index contributed by atoms with van der Waals surface area (Å²) in [5, 5.41) is 13.4. The van der Waals surface area contributed by atoms with Crippen LogP contribution in [0.5, 0.6) is 0 Å². The number of hydrogen-bond donors (Lipinski definition) is 3. The van der Waals surface area contributed by atoms with E-state index in [0.717, 1.165) is 66.9 Å². The van der Waals surface area contributed by atoms with E-state index in [9.17, 15) is 9.59 Å². The number of aromatic amines is 1. The number of carbonyl (C=O) groups is 2. The molecule has 1 aromatic heterocycles. The van der Waals surface area contributed by atoms with Crippen LogP contribution in [0.1, 0.15) is 24.3 Å². The van der Waals surface area contributed by atoms with Gasteiger partial charge in [0, 0.05) is 87.5 Å². The highest BCUT2D eigenvalue weighted by molar-refractivity contribution is 6.22. The molecule has 0 amide bonds. The van der Waals surface area contributed by atoms with Gasteiger partial charge in [0.05, 0.1) is 12.2 Å².